The highest BCUT2D eigenvalue weighted by Gasteiger charge is 2.41. The number of morpholine rings is 1. The largest absolute Gasteiger partial charge is 0.431 e. The topological polar surface area (TPSA) is 12.5 Å². The fraction of sp³-hybridized carbons (Fsp3) is 0.217. The summed E-state index contributed by atoms with van der Waals surface area (Å²) in [5.74, 6) is 0. The summed E-state index contributed by atoms with van der Waals surface area (Å²) in [5.41, 5.74) is 0.755. The smallest absolute Gasteiger partial charge is 0.378 e. The molecule has 1 heterocycles. The molecular formula is C23H20F3NO. The third-order valence-corrected chi connectivity index (χ3v) is 4.95. The molecule has 0 aromatic heterocycles. The van der Waals surface area contributed by atoms with E-state index in [0.717, 1.165) is 10.8 Å². The summed E-state index contributed by atoms with van der Waals surface area (Å²) < 4.78 is 48.4. The summed E-state index contributed by atoms with van der Waals surface area (Å²) >= 11 is 0. The Bertz CT molecular complexity index is 984. The highest BCUT2D eigenvalue weighted by molar-refractivity contribution is 5.98. The molecule has 0 saturated carbocycles. The minimum Gasteiger partial charge on any atom is -0.378 e. The molecule has 0 unspecified atom stereocenters. The van der Waals surface area contributed by atoms with Crippen LogP contribution in [0.25, 0.3) is 16.3 Å². The lowest BCUT2D eigenvalue weighted by Gasteiger charge is -2.34. The van der Waals surface area contributed by atoms with Gasteiger partial charge in [-0.3, -0.25) is 0 Å². The van der Waals surface area contributed by atoms with E-state index in [1.165, 1.54) is 4.90 Å². The zero-order chi connectivity index (χ0) is 19.6. The van der Waals surface area contributed by atoms with Crippen molar-refractivity contribution in [1.29, 1.82) is 0 Å². The lowest BCUT2D eigenvalue weighted by molar-refractivity contribution is -0.117. The van der Waals surface area contributed by atoms with Gasteiger partial charge >= 0.3 is 6.18 Å². The number of rotatable bonds is 3. The quantitative estimate of drug-likeness (QED) is 0.593. The van der Waals surface area contributed by atoms with Crippen LogP contribution in [0.4, 0.5) is 13.2 Å². The van der Waals surface area contributed by atoms with Gasteiger partial charge in [-0.2, -0.15) is 13.2 Å². The summed E-state index contributed by atoms with van der Waals surface area (Å²) in [5, 5.41) is 1.72. The molecule has 3 aromatic rings. The number of benzene rings is 3. The van der Waals surface area contributed by atoms with Crippen molar-refractivity contribution in [2.24, 2.45) is 0 Å². The van der Waals surface area contributed by atoms with Gasteiger partial charge in [0.2, 0.25) is 0 Å². The minimum atomic E-state index is -4.49. The van der Waals surface area contributed by atoms with Crippen LogP contribution in [-0.2, 0) is 4.74 Å². The van der Waals surface area contributed by atoms with E-state index >= 15 is 0 Å². The molecule has 0 atom stereocenters. The number of fused-ring (bicyclic) bond motifs is 1. The molecule has 0 amide bonds. The fourth-order valence-corrected chi connectivity index (χ4v) is 3.73. The maximum Gasteiger partial charge on any atom is 0.431 e. The number of allylic oxidation sites excluding steroid dienone is 1. The van der Waals surface area contributed by atoms with Gasteiger partial charge in [0, 0.05) is 18.7 Å². The van der Waals surface area contributed by atoms with Gasteiger partial charge in [-0.05, 0) is 21.9 Å². The predicted molar refractivity (Wildman–Crippen MR) is 105 cm³/mol. The first-order valence-electron chi connectivity index (χ1n) is 9.23. The Kier molecular flexibility index (Phi) is 5.09. The van der Waals surface area contributed by atoms with Crippen molar-refractivity contribution in [3.05, 3.63) is 89.6 Å². The molecule has 28 heavy (non-hydrogen) atoms. The maximum absolute atomic E-state index is 14.4. The summed E-state index contributed by atoms with van der Waals surface area (Å²) in [6, 6.07) is 21.9. The van der Waals surface area contributed by atoms with Crippen LogP contribution in [0.3, 0.4) is 0 Å². The second kappa shape index (κ2) is 7.68. The molecule has 0 N–H and O–H groups in total. The number of hydrogen-bond acceptors (Lipinski definition) is 2. The standard InChI is InChI=1S/C23H20F3NO/c24-23(25,26)22(27-13-15-28-16-14-27)21(18-8-2-1-3-9-18)20-12-6-10-17-7-4-5-11-19(17)20/h1-12H,13-16H2/b22-21-. The zero-order valence-corrected chi connectivity index (χ0v) is 15.2. The number of halogens is 3. The highest BCUT2D eigenvalue weighted by atomic mass is 19.4. The Morgan fingerprint density at radius 3 is 2.14 bits per heavy atom. The SMILES string of the molecule is FC(F)(F)/C(=C(\c1ccccc1)c1cccc2ccccc12)N1CCOCC1. The van der Waals surface area contributed by atoms with Crippen LogP contribution in [-0.4, -0.2) is 37.4 Å². The third-order valence-electron chi connectivity index (χ3n) is 4.95. The number of nitrogens with zero attached hydrogens (tertiary/aromatic N) is 1. The number of ether oxygens (including phenoxy) is 1. The van der Waals surface area contributed by atoms with Crippen LogP contribution in [0.15, 0.2) is 78.5 Å². The Hall–Kier alpha value is -2.79. The Morgan fingerprint density at radius 1 is 0.786 bits per heavy atom. The van der Waals surface area contributed by atoms with Crippen molar-refractivity contribution in [1.82, 2.24) is 4.90 Å². The van der Waals surface area contributed by atoms with Crippen LogP contribution in [0.2, 0.25) is 0 Å². The van der Waals surface area contributed by atoms with Crippen molar-refractivity contribution in [3.8, 4) is 0 Å². The molecule has 1 aliphatic heterocycles. The highest BCUT2D eigenvalue weighted by Crippen LogP contribution is 2.40. The summed E-state index contributed by atoms with van der Waals surface area (Å²) in [7, 11) is 0. The summed E-state index contributed by atoms with van der Waals surface area (Å²) in [6.07, 6.45) is -4.49. The van der Waals surface area contributed by atoms with Gasteiger partial charge in [0.05, 0.1) is 13.2 Å². The van der Waals surface area contributed by atoms with Crippen LogP contribution >= 0.6 is 0 Å². The Morgan fingerprint density at radius 2 is 1.43 bits per heavy atom. The van der Waals surface area contributed by atoms with Crippen LogP contribution in [0, 0.1) is 0 Å². The molecule has 5 heteroatoms. The summed E-state index contributed by atoms with van der Waals surface area (Å²) in [4.78, 5) is 1.41. The molecule has 0 radical (unpaired) electrons. The van der Waals surface area contributed by atoms with Crippen molar-refractivity contribution in [2.45, 2.75) is 6.18 Å². The molecule has 2 nitrogen and oxygen atoms in total. The third kappa shape index (κ3) is 3.62. The normalized spacial score (nSPS) is 16.2. The van der Waals surface area contributed by atoms with Gasteiger partial charge in [0.25, 0.3) is 0 Å². The van der Waals surface area contributed by atoms with Crippen LogP contribution in [0.1, 0.15) is 11.1 Å². The first-order chi connectivity index (χ1) is 13.6. The average molecular weight is 383 g/mol. The van der Waals surface area contributed by atoms with E-state index in [4.69, 9.17) is 4.74 Å². The predicted octanol–water partition coefficient (Wildman–Crippen LogP) is 5.49. The molecule has 4 rings (SSSR count). The van der Waals surface area contributed by atoms with Crippen molar-refractivity contribution < 1.29 is 17.9 Å². The first-order valence-corrected chi connectivity index (χ1v) is 9.23. The van der Waals surface area contributed by atoms with E-state index in [2.05, 4.69) is 0 Å². The van der Waals surface area contributed by atoms with E-state index in [9.17, 15) is 13.2 Å². The van der Waals surface area contributed by atoms with E-state index < -0.39 is 11.9 Å². The minimum absolute atomic E-state index is 0.215. The van der Waals surface area contributed by atoms with Gasteiger partial charge in [0.1, 0.15) is 5.70 Å². The van der Waals surface area contributed by atoms with Crippen molar-refractivity contribution >= 4 is 16.3 Å². The van der Waals surface area contributed by atoms with E-state index in [-0.39, 0.29) is 31.9 Å². The van der Waals surface area contributed by atoms with Crippen LogP contribution < -0.4 is 0 Å². The maximum atomic E-state index is 14.4. The van der Waals surface area contributed by atoms with Crippen molar-refractivity contribution in [3.63, 3.8) is 0 Å². The Balaban J connectivity index is 2.06. The zero-order valence-electron chi connectivity index (χ0n) is 15.2. The molecule has 3 aromatic carbocycles. The lowest BCUT2D eigenvalue weighted by atomic mass is 9.91. The van der Waals surface area contributed by atoms with E-state index in [1.54, 1.807) is 30.3 Å². The molecular weight excluding hydrogens is 363 g/mol. The number of hydrogen-bond donors (Lipinski definition) is 0. The van der Waals surface area contributed by atoms with Gasteiger partial charge < -0.3 is 9.64 Å². The molecule has 0 bridgehead atoms. The molecule has 1 saturated heterocycles. The van der Waals surface area contributed by atoms with Gasteiger partial charge in [-0.25, -0.2) is 0 Å². The Labute approximate surface area is 161 Å². The van der Waals surface area contributed by atoms with Gasteiger partial charge in [0.15, 0.2) is 0 Å². The van der Waals surface area contributed by atoms with Crippen LogP contribution in [0.5, 0.6) is 0 Å². The summed E-state index contributed by atoms with van der Waals surface area (Å²) in [6.45, 7) is 1.01. The molecule has 0 spiro atoms. The fourth-order valence-electron chi connectivity index (χ4n) is 3.73. The first kappa shape index (κ1) is 18.6. The molecule has 0 aliphatic carbocycles. The lowest BCUT2D eigenvalue weighted by Crippen LogP contribution is -2.41. The average Bonchev–Trinajstić information content (AvgIpc) is 2.72. The van der Waals surface area contributed by atoms with Gasteiger partial charge in [-0.15, -0.1) is 0 Å². The van der Waals surface area contributed by atoms with Gasteiger partial charge in [-0.1, -0.05) is 72.8 Å². The van der Waals surface area contributed by atoms with E-state index in [1.807, 2.05) is 42.5 Å². The number of alkyl halides is 3. The molecule has 1 fully saturated rings. The van der Waals surface area contributed by atoms with Crippen molar-refractivity contribution in [2.75, 3.05) is 26.3 Å². The second-order valence-electron chi connectivity index (χ2n) is 6.71. The molecule has 144 valence electrons. The van der Waals surface area contributed by atoms with E-state index in [0.29, 0.717) is 11.1 Å². The second-order valence-corrected chi connectivity index (χ2v) is 6.71. The monoisotopic (exact) mass is 383 g/mol. The molecule has 1 aliphatic rings.